The van der Waals surface area contributed by atoms with E-state index in [9.17, 15) is 0 Å². The van der Waals surface area contributed by atoms with Crippen LogP contribution in [0.3, 0.4) is 0 Å². The molecule has 0 aliphatic rings. The van der Waals surface area contributed by atoms with Gasteiger partial charge in [-0.2, -0.15) is 0 Å². The maximum atomic E-state index is 5.94. The molecule has 22 heavy (non-hydrogen) atoms. The van der Waals surface area contributed by atoms with Crippen molar-refractivity contribution in [2.75, 3.05) is 40.1 Å². The highest BCUT2D eigenvalue weighted by Crippen LogP contribution is 2.32. The molecular weight excluding hydrogens is 278 g/mol. The van der Waals surface area contributed by atoms with Crippen LogP contribution in [0.5, 0.6) is 0 Å². The summed E-state index contributed by atoms with van der Waals surface area (Å²) in [6.45, 7) is 1.79. The Kier molecular flexibility index (Phi) is 3.53. The van der Waals surface area contributed by atoms with Gasteiger partial charge in [0.1, 0.15) is 0 Å². The fourth-order valence-corrected chi connectivity index (χ4v) is 2.04. The molecule has 0 aliphatic carbocycles. The van der Waals surface area contributed by atoms with Crippen molar-refractivity contribution in [3.8, 4) is 11.8 Å². The van der Waals surface area contributed by atoms with Crippen LogP contribution >= 0.6 is 0 Å². The zero-order valence-electron chi connectivity index (χ0n) is 12.2. The first kappa shape index (κ1) is 15.0. The molecule has 7 heteroatoms. The monoisotopic (exact) mass is 297 g/mol. The van der Waals surface area contributed by atoms with E-state index in [-0.39, 0.29) is 17.1 Å². The Balaban J connectivity index is 2.60. The first-order chi connectivity index (χ1) is 10.2. The third-order valence-corrected chi connectivity index (χ3v) is 3.49. The number of nitrogen functional groups attached to an aromatic ring is 7. The normalized spacial score (nSPS) is 10.0. The molecule has 0 bridgehead atoms. The van der Waals surface area contributed by atoms with Crippen LogP contribution in [0.15, 0.2) is 12.1 Å². The van der Waals surface area contributed by atoms with Gasteiger partial charge in [0.15, 0.2) is 0 Å². The maximum absolute atomic E-state index is 5.94. The van der Waals surface area contributed by atoms with Crippen LogP contribution in [0.1, 0.15) is 16.7 Å². The zero-order valence-corrected chi connectivity index (χ0v) is 12.2. The van der Waals surface area contributed by atoms with E-state index in [1.165, 1.54) is 0 Å². The minimum atomic E-state index is 0.214. The van der Waals surface area contributed by atoms with Gasteiger partial charge in [0, 0.05) is 5.69 Å². The highest BCUT2D eigenvalue weighted by Gasteiger charge is 2.10. The third-order valence-electron chi connectivity index (χ3n) is 3.49. The predicted molar refractivity (Wildman–Crippen MR) is 94.5 cm³/mol. The number of anilines is 7. The van der Waals surface area contributed by atoms with E-state index in [0.29, 0.717) is 39.4 Å². The van der Waals surface area contributed by atoms with Gasteiger partial charge in [0.05, 0.1) is 45.3 Å². The minimum Gasteiger partial charge on any atom is -0.398 e. The second-order valence-corrected chi connectivity index (χ2v) is 4.97. The summed E-state index contributed by atoms with van der Waals surface area (Å²) in [4.78, 5) is 0. The van der Waals surface area contributed by atoms with E-state index in [1.54, 1.807) is 19.1 Å². The second kappa shape index (κ2) is 5.18. The number of hydrogen-bond donors (Lipinski definition) is 7. The van der Waals surface area contributed by atoms with Crippen LogP contribution < -0.4 is 40.1 Å². The minimum absolute atomic E-state index is 0.214. The lowest BCUT2D eigenvalue weighted by Crippen LogP contribution is -2.06. The van der Waals surface area contributed by atoms with Crippen molar-refractivity contribution in [1.82, 2.24) is 0 Å². The number of hydrogen-bond acceptors (Lipinski definition) is 7. The van der Waals surface area contributed by atoms with Gasteiger partial charge in [-0.15, -0.1) is 0 Å². The number of rotatable bonds is 0. The van der Waals surface area contributed by atoms with Gasteiger partial charge in [-0.25, -0.2) is 0 Å². The summed E-state index contributed by atoms with van der Waals surface area (Å²) in [6, 6.07) is 3.14. The van der Waals surface area contributed by atoms with Crippen molar-refractivity contribution in [2.45, 2.75) is 6.92 Å². The van der Waals surface area contributed by atoms with E-state index in [2.05, 4.69) is 11.8 Å². The van der Waals surface area contributed by atoms with E-state index in [1.807, 2.05) is 0 Å². The van der Waals surface area contributed by atoms with Crippen molar-refractivity contribution in [1.29, 1.82) is 0 Å². The standard InChI is InChI=1S/C15H19N7/c1-6-8(9(16)5-11(18)12(6)19)3-2-7-4-10(17)14(21)15(22)13(7)20/h4-5H,16-22H2,1H3. The topological polar surface area (TPSA) is 182 Å². The third kappa shape index (κ3) is 2.33. The summed E-state index contributed by atoms with van der Waals surface area (Å²) in [6.07, 6.45) is 0. The Morgan fingerprint density at radius 3 is 1.86 bits per heavy atom. The van der Waals surface area contributed by atoms with Crippen molar-refractivity contribution in [2.24, 2.45) is 0 Å². The lowest BCUT2D eigenvalue weighted by atomic mass is 10.0. The molecule has 0 atom stereocenters. The molecule has 7 nitrogen and oxygen atoms in total. The number of benzene rings is 2. The molecule has 2 aromatic rings. The Labute approximate surface area is 128 Å². The van der Waals surface area contributed by atoms with Crippen molar-refractivity contribution in [3.05, 3.63) is 28.8 Å². The molecule has 0 amide bonds. The summed E-state index contributed by atoms with van der Waals surface area (Å²) < 4.78 is 0. The van der Waals surface area contributed by atoms with E-state index >= 15 is 0 Å². The fraction of sp³-hybridized carbons (Fsp3) is 0.0667. The Morgan fingerprint density at radius 2 is 1.23 bits per heavy atom. The molecule has 0 saturated heterocycles. The van der Waals surface area contributed by atoms with Crippen LogP contribution in [-0.4, -0.2) is 0 Å². The predicted octanol–water partition coefficient (Wildman–Crippen LogP) is 0.470. The van der Waals surface area contributed by atoms with E-state index < -0.39 is 0 Å². The van der Waals surface area contributed by atoms with Crippen molar-refractivity contribution < 1.29 is 0 Å². The van der Waals surface area contributed by atoms with Gasteiger partial charge < -0.3 is 40.1 Å². The Hall–Kier alpha value is -3.40. The number of nitrogens with two attached hydrogens (primary N) is 7. The fourth-order valence-electron chi connectivity index (χ4n) is 2.04. The lowest BCUT2D eigenvalue weighted by molar-refractivity contribution is 1.44. The maximum Gasteiger partial charge on any atom is 0.0815 e. The molecule has 0 aromatic heterocycles. The van der Waals surface area contributed by atoms with E-state index in [4.69, 9.17) is 40.1 Å². The highest BCUT2D eigenvalue weighted by atomic mass is 14.8. The van der Waals surface area contributed by atoms with Crippen molar-refractivity contribution >= 4 is 39.8 Å². The highest BCUT2D eigenvalue weighted by molar-refractivity contribution is 5.90. The first-order valence-corrected chi connectivity index (χ1v) is 6.43. The van der Waals surface area contributed by atoms with Gasteiger partial charge in [0.2, 0.25) is 0 Å². The second-order valence-electron chi connectivity index (χ2n) is 4.97. The van der Waals surface area contributed by atoms with Crippen molar-refractivity contribution in [3.63, 3.8) is 0 Å². The van der Waals surface area contributed by atoms with Crippen LogP contribution in [-0.2, 0) is 0 Å². The molecule has 0 unspecified atom stereocenters. The molecule has 0 aliphatic heterocycles. The first-order valence-electron chi connectivity index (χ1n) is 6.43. The zero-order chi connectivity index (χ0) is 16.6. The Bertz CT molecular complexity index is 828. The molecule has 2 rings (SSSR count). The lowest BCUT2D eigenvalue weighted by Gasteiger charge is -2.10. The van der Waals surface area contributed by atoms with E-state index in [0.717, 1.165) is 0 Å². The van der Waals surface area contributed by atoms with Gasteiger partial charge in [0.25, 0.3) is 0 Å². The molecule has 0 fully saturated rings. The molecule has 0 radical (unpaired) electrons. The summed E-state index contributed by atoms with van der Waals surface area (Å²) >= 11 is 0. The van der Waals surface area contributed by atoms with Gasteiger partial charge in [-0.05, 0) is 24.6 Å². The largest absolute Gasteiger partial charge is 0.398 e. The smallest absolute Gasteiger partial charge is 0.0815 e. The Morgan fingerprint density at radius 1 is 0.636 bits per heavy atom. The molecule has 14 N–H and O–H groups in total. The summed E-state index contributed by atoms with van der Waals surface area (Å²) in [5.41, 5.74) is 44.9. The van der Waals surface area contributed by atoms with Crippen LogP contribution in [0, 0.1) is 18.8 Å². The summed E-state index contributed by atoms with van der Waals surface area (Å²) in [5.74, 6) is 5.84. The van der Waals surface area contributed by atoms with Crippen LogP contribution in [0.2, 0.25) is 0 Å². The average molecular weight is 297 g/mol. The molecular formula is C15H19N7. The quantitative estimate of drug-likeness (QED) is 0.272. The molecule has 0 saturated carbocycles. The molecule has 0 heterocycles. The molecule has 2 aromatic carbocycles. The summed E-state index contributed by atoms with van der Waals surface area (Å²) in [7, 11) is 0. The van der Waals surface area contributed by atoms with Crippen LogP contribution in [0.4, 0.5) is 39.8 Å². The molecule has 0 spiro atoms. The average Bonchev–Trinajstić information content (AvgIpc) is 2.47. The van der Waals surface area contributed by atoms with Gasteiger partial charge in [-0.3, -0.25) is 0 Å². The van der Waals surface area contributed by atoms with Gasteiger partial charge in [-0.1, -0.05) is 11.8 Å². The van der Waals surface area contributed by atoms with Crippen LogP contribution in [0.25, 0.3) is 0 Å². The SMILES string of the molecule is Cc1c(N)c(N)cc(N)c1C#Cc1cc(N)c(N)c(N)c1N. The summed E-state index contributed by atoms with van der Waals surface area (Å²) in [5, 5.41) is 0. The van der Waals surface area contributed by atoms with Gasteiger partial charge >= 0.3 is 0 Å². The molecule has 114 valence electrons.